The van der Waals surface area contributed by atoms with Crippen LogP contribution in [0.3, 0.4) is 0 Å². The zero-order chi connectivity index (χ0) is 30.0. The van der Waals surface area contributed by atoms with Gasteiger partial charge in [0.2, 0.25) is 11.8 Å². The summed E-state index contributed by atoms with van der Waals surface area (Å²) < 4.78 is 10.4. The maximum Gasteiger partial charge on any atom is 0.276 e. The molecule has 41 heavy (non-hydrogen) atoms. The number of non-ortho nitro benzene ring substituents is 2. The highest BCUT2D eigenvalue weighted by molar-refractivity contribution is 5.83. The zero-order valence-electron chi connectivity index (χ0n) is 22.0. The van der Waals surface area contributed by atoms with Gasteiger partial charge < -0.3 is 9.47 Å². The highest BCUT2D eigenvalue weighted by Crippen LogP contribution is 2.18. The maximum atomic E-state index is 11.8. The molecule has 0 heterocycles. The molecule has 0 bridgehead atoms. The number of nitrogens with one attached hydrogen (secondary N) is 4. The largest absolute Gasteiger partial charge is 0.484 e. The first-order valence-electron chi connectivity index (χ1n) is 12.5. The van der Waals surface area contributed by atoms with E-state index in [2.05, 4.69) is 21.7 Å². The van der Waals surface area contributed by atoms with Crippen LogP contribution in [0.15, 0.2) is 48.5 Å². The van der Waals surface area contributed by atoms with Gasteiger partial charge in [-0.2, -0.15) is 0 Å². The summed E-state index contributed by atoms with van der Waals surface area (Å²) in [5.74, 6) is -1.40. The van der Waals surface area contributed by atoms with Crippen LogP contribution in [0.2, 0.25) is 0 Å². The van der Waals surface area contributed by atoms with Crippen LogP contribution in [0.5, 0.6) is 11.5 Å². The minimum atomic E-state index is -0.594. The van der Waals surface area contributed by atoms with E-state index in [0.29, 0.717) is 12.8 Å². The second-order valence-electron chi connectivity index (χ2n) is 8.54. The smallest absolute Gasteiger partial charge is 0.276 e. The third-order valence-electron chi connectivity index (χ3n) is 5.33. The van der Waals surface area contributed by atoms with E-state index in [-0.39, 0.29) is 60.7 Å². The Morgan fingerprint density at radius 1 is 0.537 bits per heavy atom. The Morgan fingerprint density at radius 2 is 0.854 bits per heavy atom. The van der Waals surface area contributed by atoms with Gasteiger partial charge >= 0.3 is 0 Å². The van der Waals surface area contributed by atoms with Crippen LogP contribution in [0.4, 0.5) is 11.4 Å². The highest BCUT2D eigenvalue weighted by Gasteiger charge is 2.10. The first-order valence-corrected chi connectivity index (χ1v) is 12.5. The lowest BCUT2D eigenvalue weighted by molar-refractivity contribution is -0.385. The summed E-state index contributed by atoms with van der Waals surface area (Å²) in [7, 11) is 0. The minimum Gasteiger partial charge on any atom is -0.484 e. The zero-order valence-corrected chi connectivity index (χ0v) is 22.0. The number of hydrazine groups is 2. The monoisotopic (exact) mass is 574 g/mol. The lowest BCUT2D eigenvalue weighted by Crippen LogP contribution is -2.43. The number of amides is 4. The fourth-order valence-electron chi connectivity index (χ4n) is 3.20. The van der Waals surface area contributed by atoms with Crippen molar-refractivity contribution in [1.29, 1.82) is 0 Å². The molecule has 16 nitrogen and oxygen atoms in total. The quantitative estimate of drug-likeness (QED) is 0.130. The summed E-state index contributed by atoms with van der Waals surface area (Å²) in [4.78, 5) is 67.3. The summed E-state index contributed by atoms with van der Waals surface area (Å²) in [6.45, 7) is -0.767. The van der Waals surface area contributed by atoms with Gasteiger partial charge in [-0.15, -0.1) is 0 Å². The van der Waals surface area contributed by atoms with Crippen LogP contribution in [-0.4, -0.2) is 46.7 Å². The Morgan fingerprint density at radius 3 is 1.20 bits per heavy atom. The fourth-order valence-corrected chi connectivity index (χ4v) is 3.20. The SMILES string of the molecule is O=C(CCCCCCCC(=O)NNC(=O)COc1ccc([N+](=O)[O-])cc1)NNC(=O)COc1ccc([N+](=O)[O-])cc1. The summed E-state index contributed by atoms with van der Waals surface area (Å²) in [5.41, 5.74) is 8.79. The number of nitro benzene ring substituents is 2. The standard InChI is InChI=1S/C25H30N6O10/c32-22(26-28-24(34)16-40-20-12-8-18(9-13-20)30(36)37)6-4-2-1-3-5-7-23(33)27-29-25(35)17-41-21-14-10-19(11-15-21)31(38)39/h8-15H,1-7,16-17H2,(H,26,32)(H,27,33)(H,28,34)(H,29,35). The summed E-state index contributed by atoms with van der Waals surface area (Å²) in [6.07, 6.45) is 3.81. The molecule has 0 fully saturated rings. The number of hydrogen-bond acceptors (Lipinski definition) is 10. The molecule has 220 valence electrons. The van der Waals surface area contributed by atoms with Gasteiger partial charge in [0.25, 0.3) is 23.2 Å². The third-order valence-corrected chi connectivity index (χ3v) is 5.33. The molecule has 16 heteroatoms. The van der Waals surface area contributed by atoms with Crippen LogP contribution in [0.1, 0.15) is 44.9 Å². The number of ether oxygens (including phenoxy) is 2. The molecule has 4 N–H and O–H groups in total. The molecule has 0 spiro atoms. The molecule has 0 aliphatic rings. The van der Waals surface area contributed by atoms with Gasteiger partial charge in [-0.05, 0) is 37.1 Å². The molecule has 2 aromatic rings. The van der Waals surface area contributed by atoms with Crippen LogP contribution in [0.25, 0.3) is 0 Å². The number of rotatable bonds is 16. The molecular formula is C25H30N6O10. The fraction of sp³-hybridized carbons (Fsp3) is 0.360. The summed E-state index contributed by atoms with van der Waals surface area (Å²) >= 11 is 0. The second-order valence-corrected chi connectivity index (χ2v) is 8.54. The van der Waals surface area contributed by atoms with E-state index in [1.165, 1.54) is 48.5 Å². The molecule has 0 radical (unpaired) electrons. The molecule has 0 saturated carbocycles. The molecule has 0 aliphatic heterocycles. The normalized spacial score (nSPS) is 10.1. The van der Waals surface area contributed by atoms with Gasteiger partial charge in [0, 0.05) is 37.1 Å². The predicted molar refractivity (Wildman–Crippen MR) is 142 cm³/mol. The number of nitrogens with zero attached hydrogens (tertiary/aromatic N) is 2. The molecular weight excluding hydrogens is 544 g/mol. The molecule has 0 unspecified atom stereocenters. The number of hydrogen-bond donors (Lipinski definition) is 4. The number of benzene rings is 2. The van der Waals surface area contributed by atoms with E-state index in [1.807, 2.05) is 0 Å². The van der Waals surface area contributed by atoms with Crippen LogP contribution in [0, 0.1) is 20.2 Å². The van der Waals surface area contributed by atoms with E-state index in [0.717, 1.165) is 19.3 Å². The van der Waals surface area contributed by atoms with E-state index in [1.54, 1.807) is 0 Å². The van der Waals surface area contributed by atoms with E-state index < -0.39 is 21.7 Å². The maximum absolute atomic E-state index is 11.8. The van der Waals surface area contributed by atoms with Crippen LogP contribution < -0.4 is 31.2 Å². The highest BCUT2D eigenvalue weighted by atomic mass is 16.6. The van der Waals surface area contributed by atoms with Crippen molar-refractivity contribution in [3.8, 4) is 11.5 Å². The van der Waals surface area contributed by atoms with Gasteiger partial charge in [0.1, 0.15) is 11.5 Å². The van der Waals surface area contributed by atoms with Crippen molar-refractivity contribution in [1.82, 2.24) is 21.7 Å². The Kier molecular flexibility index (Phi) is 13.5. The van der Waals surface area contributed by atoms with Gasteiger partial charge in [-0.25, -0.2) is 0 Å². The number of carbonyl (C=O) groups excluding carboxylic acids is 4. The number of unbranched alkanes of at least 4 members (excludes halogenated alkanes) is 4. The third kappa shape index (κ3) is 13.4. The summed E-state index contributed by atoms with van der Waals surface area (Å²) in [6, 6.07) is 10.4. The lowest BCUT2D eigenvalue weighted by atomic mass is 10.1. The molecule has 0 saturated heterocycles. The molecule has 0 aliphatic carbocycles. The van der Waals surface area contributed by atoms with E-state index >= 15 is 0 Å². The Balaban J connectivity index is 1.43. The van der Waals surface area contributed by atoms with Crippen molar-refractivity contribution in [2.75, 3.05) is 13.2 Å². The first-order chi connectivity index (χ1) is 19.6. The Labute approximate surface area is 234 Å². The molecule has 0 aromatic heterocycles. The van der Waals surface area contributed by atoms with E-state index in [4.69, 9.17) is 9.47 Å². The Bertz CT molecular complexity index is 1110. The van der Waals surface area contributed by atoms with E-state index in [9.17, 15) is 39.4 Å². The van der Waals surface area contributed by atoms with Crippen LogP contribution >= 0.6 is 0 Å². The van der Waals surface area contributed by atoms with Gasteiger partial charge in [0.05, 0.1) is 9.85 Å². The van der Waals surface area contributed by atoms with Crippen molar-refractivity contribution >= 4 is 35.0 Å². The number of carbonyl (C=O) groups is 4. The number of nitro groups is 2. The molecule has 0 atom stereocenters. The van der Waals surface area contributed by atoms with Crippen molar-refractivity contribution in [3.05, 3.63) is 68.8 Å². The topological polar surface area (TPSA) is 221 Å². The van der Waals surface area contributed by atoms with Gasteiger partial charge in [0.15, 0.2) is 13.2 Å². The molecule has 2 aromatic carbocycles. The Hall–Kier alpha value is -5.28. The predicted octanol–water partition coefficient (Wildman–Crippen LogP) is 1.99. The second kappa shape index (κ2) is 17.3. The van der Waals surface area contributed by atoms with Crippen molar-refractivity contribution < 1.29 is 38.5 Å². The van der Waals surface area contributed by atoms with Crippen molar-refractivity contribution in [2.24, 2.45) is 0 Å². The van der Waals surface area contributed by atoms with Crippen molar-refractivity contribution in [2.45, 2.75) is 44.9 Å². The minimum absolute atomic E-state index is 0.104. The molecule has 2 rings (SSSR count). The van der Waals surface area contributed by atoms with Gasteiger partial charge in [-0.1, -0.05) is 19.3 Å². The van der Waals surface area contributed by atoms with Gasteiger partial charge in [-0.3, -0.25) is 61.1 Å². The van der Waals surface area contributed by atoms with Crippen LogP contribution in [-0.2, 0) is 19.2 Å². The average Bonchev–Trinajstić information content (AvgIpc) is 2.96. The molecule has 4 amide bonds. The lowest BCUT2D eigenvalue weighted by Gasteiger charge is -2.09. The van der Waals surface area contributed by atoms with Crippen molar-refractivity contribution in [3.63, 3.8) is 0 Å². The average molecular weight is 575 g/mol. The summed E-state index contributed by atoms with van der Waals surface area (Å²) in [5, 5.41) is 21.2. The first kappa shape index (κ1) is 31.9.